The van der Waals surface area contributed by atoms with E-state index in [1.165, 1.54) is 20.6 Å². The van der Waals surface area contributed by atoms with Crippen molar-refractivity contribution in [2.75, 3.05) is 0 Å². The Morgan fingerprint density at radius 3 is 2.48 bits per heavy atom. The molecular formula is C18H13ClN4OS. The molecule has 2 aromatic carbocycles. The minimum atomic E-state index is -0.256. The molecule has 0 aliphatic carbocycles. The highest BCUT2D eigenvalue weighted by Crippen LogP contribution is 2.24. The van der Waals surface area contributed by atoms with Gasteiger partial charge in [0.05, 0.1) is 11.4 Å². The summed E-state index contributed by atoms with van der Waals surface area (Å²) in [6.45, 7) is 1.79. The lowest BCUT2D eigenvalue weighted by Crippen LogP contribution is -2.22. The molecule has 0 unspecified atom stereocenters. The maximum absolute atomic E-state index is 12.8. The lowest BCUT2D eigenvalue weighted by atomic mass is 10.2. The van der Waals surface area contributed by atoms with E-state index >= 15 is 0 Å². The topological polar surface area (TPSA) is 52.7 Å². The van der Waals surface area contributed by atoms with Crippen molar-refractivity contribution in [2.45, 2.75) is 6.92 Å². The van der Waals surface area contributed by atoms with E-state index in [2.05, 4.69) is 10.1 Å². The first-order valence-corrected chi connectivity index (χ1v) is 8.85. The standard InChI is InChI=1S/C18H13ClN4OS/c1-12-21-23(15-9-7-14(19)8-10-15)18(24)22(12)17-20-16(11-25-17)13-5-3-2-4-6-13/h2-11H,1H3. The zero-order valence-corrected chi connectivity index (χ0v) is 14.8. The van der Waals surface area contributed by atoms with Gasteiger partial charge in [-0.25, -0.2) is 14.3 Å². The zero-order valence-electron chi connectivity index (χ0n) is 13.3. The summed E-state index contributed by atoms with van der Waals surface area (Å²) < 4.78 is 2.88. The highest BCUT2D eigenvalue weighted by molar-refractivity contribution is 7.12. The Bertz CT molecular complexity index is 1080. The largest absolute Gasteiger partial charge is 0.357 e. The summed E-state index contributed by atoms with van der Waals surface area (Å²) in [5.41, 5.74) is 2.26. The van der Waals surface area contributed by atoms with E-state index in [1.807, 2.05) is 35.7 Å². The Morgan fingerprint density at radius 1 is 1.04 bits per heavy atom. The Balaban J connectivity index is 1.78. The molecule has 5 nitrogen and oxygen atoms in total. The molecule has 0 aliphatic heterocycles. The van der Waals surface area contributed by atoms with Crippen molar-refractivity contribution in [1.82, 2.24) is 19.3 Å². The van der Waals surface area contributed by atoms with Crippen molar-refractivity contribution in [3.8, 4) is 22.1 Å². The monoisotopic (exact) mass is 368 g/mol. The fourth-order valence-corrected chi connectivity index (χ4v) is 3.54. The van der Waals surface area contributed by atoms with E-state index < -0.39 is 0 Å². The SMILES string of the molecule is Cc1nn(-c2ccc(Cl)cc2)c(=O)n1-c1nc(-c2ccccc2)cs1. The van der Waals surface area contributed by atoms with Crippen LogP contribution in [-0.4, -0.2) is 19.3 Å². The third-order valence-corrected chi connectivity index (χ3v) is 4.84. The molecule has 7 heteroatoms. The van der Waals surface area contributed by atoms with E-state index in [0.29, 0.717) is 21.7 Å². The molecule has 2 heterocycles. The number of aromatic nitrogens is 4. The molecule has 4 aromatic rings. The van der Waals surface area contributed by atoms with E-state index in [-0.39, 0.29) is 5.69 Å². The van der Waals surface area contributed by atoms with Gasteiger partial charge in [0.2, 0.25) is 0 Å². The van der Waals surface area contributed by atoms with Crippen LogP contribution in [0.2, 0.25) is 5.02 Å². The number of thiazole rings is 1. The molecule has 124 valence electrons. The van der Waals surface area contributed by atoms with Gasteiger partial charge in [-0.3, -0.25) is 0 Å². The minimum Gasteiger partial charge on any atom is -0.245 e. The number of nitrogens with zero attached hydrogens (tertiary/aromatic N) is 4. The van der Waals surface area contributed by atoms with Crippen LogP contribution in [0, 0.1) is 6.92 Å². The van der Waals surface area contributed by atoms with Crippen molar-refractivity contribution in [2.24, 2.45) is 0 Å². The van der Waals surface area contributed by atoms with Crippen molar-refractivity contribution in [3.63, 3.8) is 0 Å². The third-order valence-electron chi connectivity index (χ3n) is 3.76. The van der Waals surface area contributed by atoms with Gasteiger partial charge in [-0.15, -0.1) is 16.4 Å². The van der Waals surface area contributed by atoms with Crippen LogP contribution in [0.1, 0.15) is 5.82 Å². The van der Waals surface area contributed by atoms with Crippen LogP contribution < -0.4 is 5.69 Å². The number of hydrogen-bond donors (Lipinski definition) is 0. The first-order valence-electron chi connectivity index (χ1n) is 7.59. The molecule has 0 saturated heterocycles. The van der Waals surface area contributed by atoms with E-state index in [9.17, 15) is 4.79 Å². The number of aryl methyl sites for hydroxylation is 1. The van der Waals surface area contributed by atoms with Crippen LogP contribution in [0.25, 0.3) is 22.1 Å². The van der Waals surface area contributed by atoms with Gasteiger partial charge in [0, 0.05) is 16.0 Å². The predicted molar refractivity (Wildman–Crippen MR) is 100 cm³/mol. The fourth-order valence-electron chi connectivity index (χ4n) is 2.54. The van der Waals surface area contributed by atoms with E-state index in [0.717, 1.165) is 11.3 Å². The molecule has 0 aliphatic rings. The average Bonchev–Trinajstić information content (AvgIpc) is 3.21. The van der Waals surface area contributed by atoms with E-state index in [4.69, 9.17) is 11.6 Å². The molecule has 0 radical (unpaired) electrons. The number of halogens is 1. The Kier molecular flexibility index (Phi) is 3.99. The Morgan fingerprint density at radius 2 is 1.76 bits per heavy atom. The van der Waals surface area contributed by atoms with Crippen LogP contribution in [0.4, 0.5) is 0 Å². The molecule has 0 amide bonds. The van der Waals surface area contributed by atoms with Crippen LogP contribution in [-0.2, 0) is 0 Å². The molecule has 25 heavy (non-hydrogen) atoms. The lowest BCUT2D eigenvalue weighted by Gasteiger charge is -1.99. The fraction of sp³-hybridized carbons (Fsp3) is 0.0556. The second-order valence-electron chi connectivity index (χ2n) is 5.43. The molecule has 0 atom stereocenters. The molecule has 0 bridgehead atoms. The quantitative estimate of drug-likeness (QED) is 0.547. The van der Waals surface area contributed by atoms with Crippen LogP contribution >= 0.6 is 22.9 Å². The maximum atomic E-state index is 12.8. The van der Waals surface area contributed by atoms with Crippen LogP contribution in [0.5, 0.6) is 0 Å². The highest BCUT2D eigenvalue weighted by Gasteiger charge is 2.16. The summed E-state index contributed by atoms with van der Waals surface area (Å²) in [5.74, 6) is 0.578. The maximum Gasteiger partial charge on any atom is 0.357 e. The Labute approximate surface area is 152 Å². The molecule has 0 saturated carbocycles. The smallest absolute Gasteiger partial charge is 0.245 e. The summed E-state index contributed by atoms with van der Waals surface area (Å²) in [5, 5.41) is 7.51. The molecule has 2 aromatic heterocycles. The van der Waals surface area contributed by atoms with Gasteiger partial charge in [-0.2, -0.15) is 4.68 Å². The van der Waals surface area contributed by atoms with Crippen LogP contribution in [0.15, 0.2) is 64.8 Å². The normalized spacial score (nSPS) is 11.0. The summed E-state index contributed by atoms with van der Waals surface area (Å²) >= 11 is 7.33. The van der Waals surface area contributed by atoms with Crippen molar-refractivity contribution < 1.29 is 0 Å². The second-order valence-corrected chi connectivity index (χ2v) is 6.71. The summed E-state index contributed by atoms with van der Waals surface area (Å²) in [7, 11) is 0. The van der Waals surface area contributed by atoms with Gasteiger partial charge in [0.25, 0.3) is 0 Å². The van der Waals surface area contributed by atoms with Crippen LogP contribution in [0.3, 0.4) is 0 Å². The number of rotatable bonds is 3. The lowest BCUT2D eigenvalue weighted by molar-refractivity contribution is 0.826. The average molecular weight is 369 g/mol. The molecule has 0 N–H and O–H groups in total. The number of hydrogen-bond acceptors (Lipinski definition) is 4. The van der Waals surface area contributed by atoms with Gasteiger partial charge in [-0.05, 0) is 31.2 Å². The van der Waals surface area contributed by atoms with Gasteiger partial charge in [0.15, 0.2) is 5.13 Å². The summed E-state index contributed by atoms with van der Waals surface area (Å²) in [6.07, 6.45) is 0. The van der Waals surface area contributed by atoms with Crippen molar-refractivity contribution in [1.29, 1.82) is 0 Å². The molecule has 0 fully saturated rings. The summed E-state index contributed by atoms with van der Waals surface area (Å²) in [4.78, 5) is 17.4. The van der Waals surface area contributed by atoms with Gasteiger partial charge in [0.1, 0.15) is 5.82 Å². The first kappa shape index (κ1) is 15.8. The molecule has 0 spiro atoms. The van der Waals surface area contributed by atoms with Gasteiger partial charge >= 0.3 is 5.69 Å². The second kappa shape index (κ2) is 6.31. The van der Waals surface area contributed by atoms with Crippen molar-refractivity contribution in [3.05, 3.63) is 81.3 Å². The van der Waals surface area contributed by atoms with Crippen molar-refractivity contribution >= 4 is 22.9 Å². The molecule has 4 rings (SSSR count). The molecular weight excluding hydrogens is 356 g/mol. The number of benzene rings is 2. The van der Waals surface area contributed by atoms with Gasteiger partial charge in [-0.1, -0.05) is 41.9 Å². The van der Waals surface area contributed by atoms with E-state index in [1.54, 1.807) is 31.2 Å². The minimum absolute atomic E-state index is 0.256. The van der Waals surface area contributed by atoms with Gasteiger partial charge < -0.3 is 0 Å². The Hall–Kier alpha value is -2.70. The first-order chi connectivity index (χ1) is 12.1. The highest BCUT2D eigenvalue weighted by atomic mass is 35.5. The predicted octanol–water partition coefficient (Wildman–Crippen LogP) is 4.11. The zero-order chi connectivity index (χ0) is 17.4. The summed E-state index contributed by atoms with van der Waals surface area (Å²) in [6, 6.07) is 16.9. The third kappa shape index (κ3) is 2.90.